The second-order valence-electron chi connectivity index (χ2n) is 5.28. The minimum atomic E-state index is -3.29. The van der Waals surface area contributed by atoms with Crippen molar-refractivity contribution in [2.24, 2.45) is 0 Å². The van der Waals surface area contributed by atoms with Crippen molar-refractivity contribution >= 4 is 21.6 Å². The molecule has 0 amide bonds. The van der Waals surface area contributed by atoms with Crippen molar-refractivity contribution in [1.82, 2.24) is 4.31 Å². The van der Waals surface area contributed by atoms with Gasteiger partial charge in [0.25, 0.3) is 0 Å². The summed E-state index contributed by atoms with van der Waals surface area (Å²) >= 11 is 6.09. The van der Waals surface area contributed by atoms with E-state index in [4.69, 9.17) is 11.6 Å². The van der Waals surface area contributed by atoms with E-state index in [1.54, 1.807) is 10.4 Å². The lowest BCUT2D eigenvalue weighted by Gasteiger charge is -2.36. The molecule has 0 aromatic heterocycles. The molecule has 1 heterocycles. The van der Waals surface area contributed by atoms with E-state index in [0.29, 0.717) is 11.6 Å². The van der Waals surface area contributed by atoms with E-state index >= 15 is 0 Å². The summed E-state index contributed by atoms with van der Waals surface area (Å²) in [4.78, 5) is 0. The molecule has 0 bridgehead atoms. The van der Waals surface area contributed by atoms with Crippen molar-refractivity contribution in [3.8, 4) is 0 Å². The molecule has 1 aliphatic rings. The number of nitrogens with zero attached hydrogens (tertiary/aromatic N) is 1. The van der Waals surface area contributed by atoms with Crippen LogP contribution >= 0.6 is 11.6 Å². The van der Waals surface area contributed by atoms with Crippen LogP contribution in [0, 0.1) is 0 Å². The van der Waals surface area contributed by atoms with Crippen molar-refractivity contribution in [1.29, 1.82) is 0 Å². The third-order valence-corrected chi connectivity index (χ3v) is 5.31. The summed E-state index contributed by atoms with van der Waals surface area (Å²) < 4.78 is 25.9. The quantitative estimate of drug-likeness (QED) is 0.851. The van der Waals surface area contributed by atoms with E-state index < -0.39 is 10.0 Å². The lowest BCUT2D eigenvalue weighted by atomic mass is 9.90. The van der Waals surface area contributed by atoms with Crippen molar-refractivity contribution in [2.75, 3.05) is 12.8 Å². The van der Waals surface area contributed by atoms with Crippen LogP contribution in [0.15, 0.2) is 48.5 Å². The lowest BCUT2D eigenvalue weighted by molar-refractivity contribution is 0.347. The fourth-order valence-electron chi connectivity index (χ4n) is 2.92. The van der Waals surface area contributed by atoms with E-state index in [1.807, 2.05) is 36.4 Å². The number of halogens is 1. The van der Waals surface area contributed by atoms with Crippen LogP contribution in [0.5, 0.6) is 0 Å². The molecule has 0 saturated carbocycles. The molecule has 1 aliphatic heterocycles. The zero-order valence-electron chi connectivity index (χ0n) is 11.7. The van der Waals surface area contributed by atoms with Gasteiger partial charge in [0.2, 0.25) is 10.0 Å². The molecule has 3 nitrogen and oxygen atoms in total. The smallest absolute Gasteiger partial charge is 0.212 e. The standard InChI is InChI=1S/C16H16ClNO2S/c1-21(19,20)18-10-9-12-5-2-3-8-15(12)16(18)13-6-4-7-14(17)11-13/h2-8,11,16H,9-10H2,1H3. The third kappa shape index (κ3) is 2.84. The maximum absolute atomic E-state index is 12.2. The van der Waals surface area contributed by atoms with Gasteiger partial charge in [0.05, 0.1) is 12.3 Å². The van der Waals surface area contributed by atoms with Crippen molar-refractivity contribution < 1.29 is 8.42 Å². The molecular formula is C16H16ClNO2S. The maximum Gasteiger partial charge on any atom is 0.212 e. The Morgan fingerprint density at radius 1 is 1.14 bits per heavy atom. The molecule has 1 atom stereocenters. The third-order valence-electron chi connectivity index (χ3n) is 3.83. The highest BCUT2D eigenvalue weighted by Gasteiger charge is 2.34. The van der Waals surface area contributed by atoms with Gasteiger partial charge in [-0.15, -0.1) is 0 Å². The first-order valence-electron chi connectivity index (χ1n) is 6.77. The van der Waals surface area contributed by atoms with Gasteiger partial charge in [-0.25, -0.2) is 8.42 Å². The van der Waals surface area contributed by atoms with Crippen LogP contribution in [-0.2, 0) is 16.4 Å². The number of hydrogen-bond donors (Lipinski definition) is 0. The number of sulfonamides is 1. The zero-order valence-corrected chi connectivity index (χ0v) is 13.2. The maximum atomic E-state index is 12.2. The summed E-state index contributed by atoms with van der Waals surface area (Å²) in [5.74, 6) is 0. The Balaban J connectivity index is 2.19. The summed E-state index contributed by atoms with van der Waals surface area (Å²) in [6.07, 6.45) is 2.00. The first kappa shape index (κ1) is 14.6. The molecule has 21 heavy (non-hydrogen) atoms. The molecule has 2 aromatic carbocycles. The molecule has 110 valence electrons. The molecule has 1 unspecified atom stereocenters. The Labute approximate surface area is 130 Å². The second-order valence-corrected chi connectivity index (χ2v) is 7.65. The minimum absolute atomic E-state index is 0.302. The summed E-state index contributed by atoms with van der Waals surface area (Å²) in [5, 5.41) is 0.615. The molecule has 0 saturated heterocycles. The van der Waals surface area contributed by atoms with Crippen LogP contribution in [-0.4, -0.2) is 25.5 Å². The van der Waals surface area contributed by atoms with Gasteiger partial charge < -0.3 is 0 Å². The van der Waals surface area contributed by atoms with Crippen molar-refractivity contribution in [3.05, 3.63) is 70.2 Å². The first-order chi connectivity index (χ1) is 9.97. The molecule has 2 aromatic rings. The molecule has 0 fully saturated rings. The Morgan fingerprint density at radius 2 is 1.90 bits per heavy atom. The van der Waals surface area contributed by atoms with Gasteiger partial charge in [0, 0.05) is 11.6 Å². The highest BCUT2D eigenvalue weighted by Crippen LogP contribution is 2.37. The molecule has 0 spiro atoms. The highest BCUT2D eigenvalue weighted by atomic mass is 35.5. The molecule has 5 heteroatoms. The average Bonchev–Trinajstić information content (AvgIpc) is 2.45. The zero-order chi connectivity index (χ0) is 15.0. The van der Waals surface area contributed by atoms with Crippen LogP contribution in [0.4, 0.5) is 0 Å². The van der Waals surface area contributed by atoms with E-state index in [2.05, 4.69) is 6.07 Å². The number of rotatable bonds is 2. The van der Waals surface area contributed by atoms with E-state index in [-0.39, 0.29) is 6.04 Å². The highest BCUT2D eigenvalue weighted by molar-refractivity contribution is 7.88. The fourth-order valence-corrected chi connectivity index (χ4v) is 4.16. The van der Waals surface area contributed by atoms with Gasteiger partial charge in [-0.2, -0.15) is 4.31 Å². The molecule has 3 rings (SSSR count). The predicted molar refractivity (Wildman–Crippen MR) is 85.0 cm³/mol. The molecule has 0 aliphatic carbocycles. The monoisotopic (exact) mass is 321 g/mol. The van der Waals surface area contributed by atoms with Crippen LogP contribution in [0.1, 0.15) is 22.7 Å². The van der Waals surface area contributed by atoms with Crippen LogP contribution in [0.2, 0.25) is 5.02 Å². The van der Waals surface area contributed by atoms with Gasteiger partial charge in [-0.05, 0) is 35.2 Å². The largest absolute Gasteiger partial charge is 0.212 e. The van der Waals surface area contributed by atoms with Gasteiger partial charge >= 0.3 is 0 Å². The van der Waals surface area contributed by atoms with Crippen molar-refractivity contribution in [2.45, 2.75) is 12.5 Å². The fraction of sp³-hybridized carbons (Fsp3) is 0.250. The average molecular weight is 322 g/mol. The van der Waals surface area contributed by atoms with Gasteiger partial charge in [0.1, 0.15) is 0 Å². The summed E-state index contributed by atoms with van der Waals surface area (Å²) in [5.41, 5.74) is 3.14. The van der Waals surface area contributed by atoms with E-state index in [9.17, 15) is 8.42 Å². The topological polar surface area (TPSA) is 37.4 Å². The Kier molecular flexibility index (Phi) is 3.78. The SMILES string of the molecule is CS(=O)(=O)N1CCc2ccccc2C1c1cccc(Cl)c1. The summed E-state index contributed by atoms with van der Waals surface area (Å²) in [6, 6.07) is 15.1. The van der Waals surface area contributed by atoms with Gasteiger partial charge in [-0.1, -0.05) is 48.0 Å². The minimum Gasteiger partial charge on any atom is -0.212 e. The van der Waals surface area contributed by atoms with E-state index in [0.717, 1.165) is 17.5 Å². The number of benzene rings is 2. The van der Waals surface area contributed by atoms with Crippen molar-refractivity contribution in [3.63, 3.8) is 0 Å². The normalized spacial score (nSPS) is 19.2. The molecular weight excluding hydrogens is 306 g/mol. The Hall–Kier alpha value is -1.36. The predicted octanol–water partition coefficient (Wildman–Crippen LogP) is 3.25. The van der Waals surface area contributed by atoms with Gasteiger partial charge in [0.15, 0.2) is 0 Å². The van der Waals surface area contributed by atoms with Gasteiger partial charge in [-0.3, -0.25) is 0 Å². The summed E-state index contributed by atoms with van der Waals surface area (Å²) in [6.45, 7) is 0.493. The Bertz CT molecular complexity index is 773. The lowest BCUT2D eigenvalue weighted by Crippen LogP contribution is -2.39. The Morgan fingerprint density at radius 3 is 2.62 bits per heavy atom. The van der Waals surface area contributed by atoms with Crippen LogP contribution in [0.25, 0.3) is 0 Å². The first-order valence-corrected chi connectivity index (χ1v) is 8.99. The summed E-state index contributed by atoms with van der Waals surface area (Å²) in [7, 11) is -3.29. The van der Waals surface area contributed by atoms with E-state index in [1.165, 1.54) is 11.8 Å². The van der Waals surface area contributed by atoms with Crippen LogP contribution < -0.4 is 0 Å². The van der Waals surface area contributed by atoms with Crippen LogP contribution in [0.3, 0.4) is 0 Å². The number of fused-ring (bicyclic) bond motifs is 1. The molecule has 0 N–H and O–H groups in total. The second kappa shape index (κ2) is 5.44. The molecule has 0 radical (unpaired) electrons. The number of hydrogen-bond acceptors (Lipinski definition) is 2.